The maximum atomic E-state index is 12.2. The van der Waals surface area contributed by atoms with Crippen molar-refractivity contribution in [3.05, 3.63) is 53.1 Å². The second kappa shape index (κ2) is 14.6. The fraction of sp³-hybridized carbons (Fsp3) is 0.462. The van der Waals surface area contributed by atoms with Crippen molar-refractivity contribution in [1.29, 1.82) is 0 Å². The van der Waals surface area contributed by atoms with Crippen molar-refractivity contribution in [1.82, 2.24) is 5.32 Å². The lowest BCUT2D eigenvalue weighted by molar-refractivity contribution is -0.136. The predicted molar refractivity (Wildman–Crippen MR) is 134 cm³/mol. The normalized spacial score (nSPS) is 11.7. The average Bonchev–Trinajstić information content (AvgIpc) is 2.80. The third kappa shape index (κ3) is 9.84. The molecule has 0 heterocycles. The lowest BCUT2D eigenvalue weighted by Gasteiger charge is -2.12. The Balaban J connectivity index is 1.84. The summed E-state index contributed by atoms with van der Waals surface area (Å²) in [5, 5.41) is 3.25. The predicted octanol–water partition coefficient (Wildman–Crippen LogP) is 5.59. The van der Waals surface area contributed by atoms with Crippen LogP contribution in [0.25, 0.3) is 11.1 Å². The van der Waals surface area contributed by atoms with Gasteiger partial charge in [0.15, 0.2) is 0 Å². The second-order valence-electron chi connectivity index (χ2n) is 8.31. The van der Waals surface area contributed by atoms with Gasteiger partial charge in [0.25, 0.3) is 0 Å². The molecule has 0 aromatic heterocycles. The fourth-order valence-corrected chi connectivity index (χ4v) is 3.86. The number of ether oxygens (including phenoxy) is 1. The van der Waals surface area contributed by atoms with Crippen molar-refractivity contribution < 1.29 is 14.3 Å². The quantitative estimate of drug-likeness (QED) is 0.189. The summed E-state index contributed by atoms with van der Waals surface area (Å²) in [5.74, 6) is -0.0795. The Hall–Kier alpha value is -2.57. The number of primary amides is 1. The van der Waals surface area contributed by atoms with E-state index >= 15 is 0 Å². The Bertz CT molecular complexity index is 887. The van der Waals surface area contributed by atoms with Crippen LogP contribution in [0.15, 0.2) is 42.5 Å². The highest BCUT2D eigenvalue weighted by Crippen LogP contribution is 2.28. The van der Waals surface area contributed by atoms with Crippen molar-refractivity contribution >= 4 is 23.6 Å². The van der Waals surface area contributed by atoms with Gasteiger partial charge in [-0.25, -0.2) is 9.59 Å². The summed E-state index contributed by atoms with van der Waals surface area (Å²) >= 11 is 6.53. The maximum Gasteiger partial charge on any atom is 0.328 e. The van der Waals surface area contributed by atoms with E-state index in [4.69, 9.17) is 27.8 Å². The van der Waals surface area contributed by atoms with Gasteiger partial charge >= 0.3 is 12.0 Å². The molecule has 2 aromatic rings. The minimum absolute atomic E-state index is 0.366. The molecule has 33 heavy (non-hydrogen) atoms. The molecule has 1 atom stereocenters. The number of hydrogen-bond acceptors (Lipinski definition) is 4. The molecule has 0 saturated carbocycles. The Kier molecular flexibility index (Phi) is 11.8. The summed E-state index contributed by atoms with van der Waals surface area (Å²) in [7, 11) is 0. The molecule has 0 saturated heterocycles. The molecule has 2 rings (SSSR count). The van der Waals surface area contributed by atoms with Gasteiger partial charge < -0.3 is 21.5 Å². The number of urea groups is 1. The molecule has 0 radical (unpaired) electrons. The van der Waals surface area contributed by atoms with Crippen molar-refractivity contribution in [2.75, 3.05) is 6.54 Å². The van der Waals surface area contributed by atoms with Gasteiger partial charge in [0.05, 0.1) is 0 Å². The zero-order valence-electron chi connectivity index (χ0n) is 19.4. The van der Waals surface area contributed by atoms with Gasteiger partial charge in [0, 0.05) is 11.6 Å². The molecule has 0 aliphatic heterocycles. The second-order valence-corrected chi connectivity index (χ2v) is 8.72. The molecular formula is C26H36ClN3O3. The smallest absolute Gasteiger partial charge is 0.328 e. The number of nitrogens with one attached hydrogen (secondary N) is 1. The highest BCUT2D eigenvalue weighted by molar-refractivity contribution is 6.31. The van der Waals surface area contributed by atoms with E-state index in [1.807, 2.05) is 18.2 Å². The number of esters is 1. The number of unbranched alkanes of at least 4 members (excludes halogenated alkanes) is 5. The molecule has 180 valence electrons. The first-order chi connectivity index (χ1) is 15.9. The molecule has 5 N–H and O–H groups in total. The Morgan fingerprint density at radius 2 is 1.64 bits per heavy atom. The van der Waals surface area contributed by atoms with Crippen LogP contribution in [0.5, 0.6) is 5.75 Å². The number of nitrogens with two attached hydrogens (primary N) is 2. The number of amides is 2. The van der Waals surface area contributed by atoms with Gasteiger partial charge in [-0.15, -0.1) is 0 Å². The van der Waals surface area contributed by atoms with Gasteiger partial charge in [-0.05, 0) is 60.6 Å². The lowest BCUT2D eigenvalue weighted by Crippen LogP contribution is -2.36. The van der Waals surface area contributed by atoms with E-state index in [1.165, 1.54) is 37.7 Å². The molecule has 6 nitrogen and oxygen atoms in total. The standard InChI is InChI=1S/C26H36ClN3O3/c1-2-3-4-5-6-7-9-20-11-12-21(18-23(20)27)19-13-15-22(16-14-19)33-25(31)24(28)10-8-17-30-26(29)32/h11-16,18,24H,2-10,17,28H2,1H3,(H3,29,30,32)/t24-/m0/s1. The summed E-state index contributed by atoms with van der Waals surface area (Å²) in [6.07, 6.45) is 9.51. The molecule has 7 heteroatoms. The largest absolute Gasteiger partial charge is 0.425 e. The number of carbonyl (C=O) groups is 2. The molecule has 0 aliphatic carbocycles. The number of carbonyl (C=O) groups excluding carboxylic acids is 2. The van der Waals surface area contributed by atoms with E-state index in [2.05, 4.69) is 24.4 Å². The number of aryl methyl sites for hydroxylation is 1. The van der Waals surface area contributed by atoms with E-state index in [0.717, 1.165) is 29.0 Å². The van der Waals surface area contributed by atoms with Crippen LogP contribution in [0.4, 0.5) is 4.79 Å². The van der Waals surface area contributed by atoms with Crippen LogP contribution >= 0.6 is 11.6 Å². The molecular weight excluding hydrogens is 438 g/mol. The van der Waals surface area contributed by atoms with E-state index in [9.17, 15) is 9.59 Å². The van der Waals surface area contributed by atoms with Crippen LogP contribution in [-0.4, -0.2) is 24.6 Å². The van der Waals surface area contributed by atoms with Crippen LogP contribution in [0, 0.1) is 0 Å². The van der Waals surface area contributed by atoms with Crippen LogP contribution in [-0.2, 0) is 11.2 Å². The Labute approximate surface area is 202 Å². The SMILES string of the molecule is CCCCCCCCc1ccc(-c2ccc(OC(=O)[C@@H](N)CCCNC(N)=O)cc2)cc1Cl. The van der Waals surface area contributed by atoms with Gasteiger partial charge in [0.2, 0.25) is 0 Å². The highest BCUT2D eigenvalue weighted by Gasteiger charge is 2.16. The first-order valence-corrected chi connectivity index (χ1v) is 12.2. The van der Waals surface area contributed by atoms with Crippen LogP contribution in [0.1, 0.15) is 63.9 Å². The number of rotatable bonds is 14. The van der Waals surface area contributed by atoms with E-state index in [1.54, 1.807) is 12.1 Å². The zero-order valence-corrected chi connectivity index (χ0v) is 20.2. The van der Waals surface area contributed by atoms with Crippen LogP contribution < -0.4 is 21.5 Å². The molecule has 0 unspecified atom stereocenters. The molecule has 0 fully saturated rings. The zero-order chi connectivity index (χ0) is 24.1. The summed E-state index contributed by atoms with van der Waals surface area (Å²) in [6, 6.07) is 12.1. The fourth-order valence-electron chi connectivity index (χ4n) is 3.58. The van der Waals surface area contributed by atoms with Gasteiger partial charge in [-0.3, -0.25) is 0 Å². The topological polar surface area (TPSA) is 107 Å². The summed E-state index contributed by atoms with van der Waals surface area (Å²) in [4.78, 5) is 22.8. The monoisotopic (exact) mass is 473 g/mol. The summed E-state index contributed by atoms with van der Waals surface area (Å²) in [6.45, 7) is 2.60. The van der Waals surface area contributed by atoms with Crippen LogP contribution in [0.3, 0.4) is 0 Å². The number of hydrogen-bond donors (Lipinski definition) is 3. The molecule has 2 amide bonds. The average molecular weight is 474 g/mol. The highest BCUT2D eigenvalue weighted by atomic mass is 35.5. The molecule has 2 aromatic carbocycles. The minimum atomic E-state index is -0.766. The van der Waals surface area contributed by atoms with Gasteiger partial charge in [-0.2, -0.15) is 0 Å². The maximum absolute atomic E-state index is 12.2. The molecule has 0 aliphatic rings. The van der Waals surface area contributed by atoms with Crippen molar-refractivity contribution in [2.45, 2.75) is 70.8 Å². The molecule has 0 spiro atoms. The third-order valence-corrected chi connectivity index (χ3v) is 5.90. The summed E-state index contributed by atoms with van der Waals surface area (Å²) < 4.78 is 5.37. The lowest BCUT2D eigenvalue weighted by atomic mass is 10.0. The van der Waals surface area contributed by atoms with E-state index in [0.29, 0.717) is 25.1 Å². The first-order valence-electron chi connectivity index (χ1n) is 11.8. The number of benzene rings is 2. The van der Waals surface area contributed by atoms with Crippen molar-refractivity contribution in [3.8, 4) is 16.9 Å². The summed E-state index contributed by atoms with van der Waals surface area (Å²) in [5.41, 5.74) is 14.1. The van der Waals surface area contributed by atoms with Gasteiger partial charge in [-0.1, -0.05) is 74.9 Å². The Morgan fingerprint density at radius 1 is 0.970 bits per heavy atom. The number of halogens is 1. The van der Waals surface area contributed by atoms with Crippen molar-refractivity contribution in [2.24, 2.45) is 11.5 Å². The molecule has 0 bridgehead atoms. The van der Waals surface area contributed by atoms with E-state index in [-0.39, 0.29) is 0 Å². The van der Waals surface area contributed by atoms with E-state index < -0.39 is 18.0 Å². The minimum Gasteiger partial charge on any atom is -0.425 e. The third-order valence-electron chi connectivity index (χ3n) is 5.55. The first kappa shape index (κ1) is 26.7. The van der Waals surface area contributed by atoms with Gasteiger partial charge in [0.1, 0.15) is 11.8 Å². The van der Waals surface area contributed by atoms with Crippen molar-refractivity contribution in [3.63, 3.8) is 0 Å². The Morgan fingerprint density at radius 3 is 2.30 bits per heavy atom. The van der Waals surface area contributed by atoms with Crippen LogP contribution in [0.2, 0.25) is 5.02 Å².